The van der Waals surface area contributed by atoms with Crippen LogP contribution in [0.3, 0.4) is 0 Å². The number of benzene rings is 2. The Bertz CT molecular complexity index is 878. The van der Waals surface area contributed by atoms with Crippen molar-refractivity contribution in [2.45, 2.75) is 18.8 Å². The van der Waals surface area contributed by atoms with Crippen molar-refractivity contribution in [1.29, 1.82) is 0 Å². The van der Waals surface area contributed by atoms with E-state index in [9.17, 15) is 9.59 Å². The molecule has 2 N–H and O–H groups in total. The molecule has 26 heavy (non-hydrogen) atoms. The average molecular weight is 351 g/mol. The molecule has 2 aromatic carbocycles. The van der Waals surface area contributed by atoms with Gasteiger partial charge in [-0.05, 0) is 49.2 Å². The van der Waals surface area contributed by atoms with E-state index in [0.717, 1.165) is 22.5 Å². The van der Waals surface area contributed by atoms with Crippen LogP contribution in [-0.2, 0) is 10.2 Å². The van der Waals surface area contributed by atoms with Gasteiger partial charge >= 0.3 is 6.03 Å². The Labute approximate surface area is 152 Å². The zero-order valence-corrected chi connectivity index (χ0v) is 14.8. The Hall–Kier alpha value is -3.02. The zero-order valence-electron chi connectivity index (χ0n) is 14.8. The number of nitrogens with zero attached hydrogens (tertiary/aromatic N) is 1. The van der Waals surface area contributed by atoms with Gasteiger partial charge < -0.3 is 20.3 Å². The molecule has 1 spiro atoms. The van der Waals surface area contributed by atoms with Crippen LogP contribution in [0.25, 0.3) is 0 Å². The van der Waals surface area contributed by atoms with Gasteiger partial charge in [0.25, 0.3) is 0 Å². The van der Waals surface area contributed by atoms with Crippen LogP contribution >= 0.6 is 0 Å². The number of carbonyl (C=O) groups is 2. The molecule has 0 unspecified atom stereocenters. The van der Waals surface area contributed by atoms with Crippen LogP contribution in [0.1, 0.15) is 17.5 Å². The van der Waals surface area contributed by atoms with Gasteiger partial charge in [-0.3, -0.25) is 4.79 Å². The topological polar surface area (TPSA) is 70.7 Å². The first-order valence-electron chi connectivity index (χ1n) is 8.64. The summed E-state index contributed by atoms with van der Waals surface area (Å²) in [4.78, 5) is 27.1. The third-order valence-corrected chi connectivity index (χ3v) is 5.28. The van der Waals surface area contributed by atoms with Crippen LogP contribution < -0.4 is 15.4 Å². The second-order valence-corrected chi connectivity index (χ2v) is 6.92. The lowest BCUT2D eigenvalue weighted by Crippen LogP contribution is -2.40. The number of fused-ring (bicyclic) bond motifs is 2. The maximum absolute atomic E-state index is 12.7. The summed E-state index contributed by atoms with van der Waals surface area (Å²) in [7, 11) is 1.61. The largest absolute Gasteiger partial charge is 0.497 e. The lowest BCUT2D eigenvalue weighted by molar-refractivity contribution is -0.120. The molecule has 3 amide bonds. The number of hydrogen-bond donors (Lipinski definition) is 2. The van der Waals surface area contributed by atoms with E-state index < -0.39 is 5.41 Å². The van der Waals surface area contributed by atoms with Gasteiger partial charge in [0.05, 0.1) is 12.5 Å². The number of rotatable bonds is 2. The van der Waals surface area contributed by atoms with Crippen molar-refractivity contribution in [3.8, 4) is 5.75 Å². The highest BCUT2D eigenvalue weighted by molar-refractivity contribution is 6.07. The first kappa shape index (κ1) is 16.4. The number of likely N-dealkylation sites (tertiary alicyclic amines) is 1. The minimum Gasteiger partial charge on any atom is -0.497 e. The Balaban J connectivity index is 1.55. The van der Waals surface area contributed by atoms with Crippen molar-refractivity contribution in [1.82, 2.24) is 4.90 Å². The molecular weight excluding hydrogens is 330 g/mol. The highest BCUT2D eigenvalue weighted by atomic mass is 16.5. The first-order valence-corrected chi connectivity index (χ1v) is 8.64. The standard InChI is InChI=1S/C20H21N3O3/c1-13-3-5-14(6-4-13)21-19(25)23-10-9-20(12-23)16-11-15(26-2)7-8-17(16)22-18(20)24/h3-8,11H,9-10,12H2,1-2H3,(H,21,25)(H,22,24)/t20-/m1/s1. The van der Waals surface area contributed by atoms with Crippen LogP contribution in [0.15, 0.2) is 42.5 Å². The van der Waals surface area contributed by atoms with Crippen LogP contribution in [0.2, 0.25) is 0 Å². The van der Waals surface area contributed by atoms with Crippen LogP contribution in [-0.4, -0.2) is 37.0 Å². The zero-order chi connectivity index (χ0) is 18.3. The summed E-state index contributed by atoms with van der Waals surface area (Å²) >= 11 is 0. The highest BCUT2D eigenvalue weighted by Gasteiger charge is 2.52. The SMILES string of the molecule is COc1ccc2c(c1)[C@]1(CCN(C(=O)Nc3ccc(C)cc3)C1)C(=O)N2. The quantitative estimate of drug-likeness (QED) is 0.873. The summed E-state index contributed by atoms with van der Waals surface area (Å²) in [5, 5.41) is 5.85. The summed E-state index contributed by atoms with van der Waals surface area (Å²) in [6, 6.07) is 13.1. The van der Waals surface area contributed by atoms with Crippen LogP contribution in [0.5, 0.6) is 5.75 Å². The molecular formula is C20H21N3O3. The average Bonchev–Trinajstić information content (AvgIpc) is 3.20. The van der Waals surface area contributed by atoms with Crippen molar-refractivity contribution >= 4 is 23.3 Å². The molecule has 1 atom stereocenters. The van der Waals surface area contributed by atoms with Crippen molar-refractivity contribution in [2.24, 2.45) is 0 Å². The van der Waals surface area contributed by atoms with Crippen molar-refractivity contribution < 1.29 is 14.3 Å². The fourth-order valence-corrected chi connectivity index (χ4v) is 3.75. The number of nitrogens with one attached hydrogen (secondary N) is 2. The van der Waals surface area contributed by atoms with Crippen molar-refractivity contribution in [3.63, 3.8) is 0 Å². The van der Waals surface area contributed by atoms with E-state index in [4.69, 9.17) is 4.74 Å². The summed E-state index contributed by atoms with van der Waals surface area (Å²) in [6.07, 6.45) is 0.598. The van der Waals surface area contributed by atoms with Gasteiger partial charge in [-0.1, -0.05) is 17.7 Å². The smallest absolute Gasteiger partial charge is 0.321 e. The summed E-state index contributed by atoms with van der Waals surface area (Å²) in [6.45, 7) is 2.89. The normalized spacial score (nSPS) is 20.8. The number of amides is 3. The van der Waals surface area contributed by atoms with E-state index in [1.807, 2.05) is 49.4 Å². The summed E-state index contributed by atoms with van der Waals surface area (Å²) < 4.78 is 5.31. The molecule has 0 aromatic heterocycles. The molecule has 4 rings (SSSR count). The van der Waals surface area contributed by atoms with Gasteiger partial charge in [-0.2, -0.15) is 0 Å². The maximum Gasteiger partial charge on any atom is 0.321 e. The molecule has 2 heterocycles. The van der Waals surface area contributed by atoms with Crippen molar-refractivity contribution in [2.75, 3.05) is 30.8 Å². The fourth-order valence-electron chi connectivity index (χ4n) is 3.75. The van der Waals surface area contributed by atoms with Crippen LogP contribution in [0, 0.1) is 6.92 Å². The molecule has 2 aliphatic rings. The molecule has 6 heteroatoms. The summed E-state index contributed by atoms with van der Waals surface area (Å²) in [5.41, 5.74) is 2.90. The van der Waals surface area contributed by atoms with Gasteiger partial charge in [-0.25, -0.2) is 4.79 Å². The van der Waals surface area contributed by atoms with E-state index in [-0.39, 0.29) is 11.9 Å². The van der Waals surface area contributed by atoms with E-state index in [0.29, 0.717) is 25.3 Å². The lowest BCUT2D eigenvalue weighted by Gasteiger charge is -2.23. The predicted octanol–water partition coefficient (Wildman–Crippen LogP) is 3.13. The molecule has 1 saturated heterocycles. The Kier molecular flexibility index (Phi) is 3.83. The van der Waals surface area contributed by atoms with Gasteiger partial charge in [0.1, 0.15) is 5.75 Å². The Morgan fingerprint density at radius 3 is 2.73 bits per heavy atom. The monoisotopic (exact) mass is 351 g/mol. The minimum absolute atomic E-state index is 0.0496. The highest BCUT2D eigenvalue weighted by Crippen LogP contribution is 2.45. The molecule has 134 valence electrons. The van der Waals surface area contributed by atoms with Gasteiger partial charge in [-0.15, -0.1) is 0 Å². The van der Waals surface area contributed by atoms with Crippen molar-refractivity contribution in [3.05, 3.63) is 53.6 Å². The number of carbonyl (C=O) groups excluding carboxylic acids is 2. The van der Waals surface area contributed by atoms with Gasteiger partial charge in [0.15, 0.2) is 0 Å². The number of urea groups is 1. The first-order chi connectivity index (χ1) is 12.5. The number of hydrogen-bond acceptors (Lipinski definition) is 3. The molecule has 0 aliphatic carbocycles. The maximum atomic E-state index is 12.7. The molecule has 2 aliphatic heterocycles. The molecule has 6 nitrogen and oxygen atoms in total. The second-order valence-electron chi connectivity index (χ2n) is 6.92. The molecule has 0 bridgehead atoms. The Morgan fingerprint density at radius 1 is 1.23 bits per heavy atom. The van der Waals surface area contributed by atoms with E-state index in [2.05, 4.69) is 10.6 Å². The molecule has 2 aromatic rings. The van der Waals surface area contributed by atoms with Crippen LogP contribution in [0.4, 0.5) is 16.2 Å². The van der Waals surface area contributed by atoms with E-state index in [1.54, 1.807) is 12.0 Å². The van der Waals surface area contributed by atoms with Gasteiger partial charge in [0, 0.05) is 24.5 Å². The lowest BCUT2D eigenvalue weighted by atomic mass is 9.81. The number of anilines is 2. The van der Waals surface area contributed by atoms with Gasteiger partial charge in [0.2, 0.25) is 5.91 Å². The predicted molar refractivity (Wildman–Crippen MR) is 99.7 cm³/mol. The third kappa shape index (κ3) is 2.58. The molecule has 1 fully saturated rings. The third-order valence-electron chi connectivity index (χ3n) is 5.28. The molecule has 0 radical (unpaired) electrons. The van der Waals surface area contributed by atoms with E-state index in [1.165, 1.54) is 0 Å². The number of ether oxygens (including phenoxy) is 1. The Morgan fingerprint density at radius 2 is 2.00 bits per heavy atom. The fraction of sp³-hybridized carbons (Fsp3) is 0.300. The number of aryl methyl sites for hydroxylation is 1. The number of methoxy groups -OCH3 is 1. The minimum atomic E-state index is -0.700. The second kappa shape index (κ2) is 6.05. The van der Waals surface area contributed by atoms with E-state index >= 15 is 0 Å². The summed E-state index contributed by atoms with van der Waals surface area (Å²) in [5.74, 6) is 0.661. The molecule has 0 saturated carbocycles.